The highest BCUT2D eigenvalue weighted by molar-refractivity contribution is 5.31. The smallest absolute Gasteiger partial charge is 0.118 e. The lowest BCUT2D eigenvalue weighted by atomic mass is 10.0. The largest absolute Gasteiger partial charge is 0.497 e. The summed E-state index contributed by atoms with van der Waals surface area (Å²) in [6.07, 6.45) is 0. The zero-order valence-corrected chi connectivity index (χ0v) is 16.1. The summed E-state index contributed by atoms with van der Waals surface area (Å²) >= 11 is 0. The number of aryl methyl sites for hydroxylation is 2. The number of benzene rings is 2. The van der Waals surface area contributed by atoms with Crippen LogP contribution in [0.1, 0.15) is 28.3 Å². The van der Waals surface area contributed by atoms with Gasteiger partial charge < -0.3 is 14.8 Å². The monoisotopic (exact) mass is 354 g/mol. The second-order valence-corrected chi connectivity index (χ2v) is 6.99. The third kappa shape index (κ3) is 4.85. The number of rotatable bonds is 7. The molecule has 0 aromatic heterocycles. The molecule has 3 rings (SSSR count). The molecule has 140 valence electrons. The van der Waals surface area contributed by atoms with Gasteiger partial charge >= 0.3 is 0 Å². The van der Waals surface area contributed by atoms with Gasteiger partial charge in [-0.25, -0.2) is 0 Å². The van der Waals surface area contributed by atoms with Crippen molar-refractivity contribution in [2.45, 2.75) is 26.4 Å². The molecule has 26 heavy (non-hydrogen) atoms. The molecule has 1 N–H and O–H groups in total. The standard InChI is InChI=1S/C22H30N2O2/c1-17-4-5-19(14-18(17)2)15-23-16-22(24-10-12-26-13-11-24)20-6-8-21(25-3)9-7-20/h4-9,14,22-23H,10-13,15-16H2,1-3H3. The Bertz CT molecular complexity index is 694. The normalized spacial score (nSPS) is 16.4. The molecule has 1 fully saturated rings. The first kappa shape index (κ1) is 18.9. The van der Waals surface area contributed by atoms with Crippen LogP contribution in [-0.2, 0) is 11.3 Å². The molecule has 1 atom stereocenters. The van der Waals surface area contributed by atoms with Crippen LogP contribution in [0, 0.1) is 13.8 Å². The molecule has 0 saturated carbocycles. The van der Waals surface area contributed by atoms with E-state index in [0.29, 0.717) is 6.04 Å². The highest BCUT2D eigenvalue weighted by Gasteiger charge is 2.22. The molecule has 4 heteroatoms. The van der Waals surface area contributed by atoms with Crippen LogP contribution >= 0.6 is 0 Å². The van der Waals surface area contributed by atoms with Crippen LogP contribution in [0.5, 0.6) is 5.75 Å². The quantitative estimate of drug-likeness (QED) is 0.825. The van der Waals surface area contributed by atoms with Crippen molar-refractivity contribution in [1.29, 1.82) is 0 Å². The van der Waals surface area contributed by atoms with Crippen molar-refractivity contribution in [3.05, 3.63) is 64.7 Å². The molecule has 2 aromatic rings. The average molecular weight is 354 g/mol. The van der Waals surface area contributed by atoms with Crippen LogP contribution in [0.25, 0.3) is 0 Å². The Balaban J connectivity index is 1.67. The molecule has 1 saturated heterocycles. The minimum absolute atomic E-state index is 0.344. The van der Waals surface area contributed by atoms with E-state index in [1.165, 1.54) is 22.3 Å². The van der Waals surface area contributed by atoms with Crippen LogP contribution in [0.15, 0.2) is 42.5 Å². The number of methoxy groups -OCH3 is 1. The summed E-state index contributed by atoms with van der Waals surface area (Å²) < 4.78 is 10.8. The van der Waals surface area contributed by atoms with Gasteiger partial charge in [0, 0.05) is 32.2 Å². The maximum atomic E-state index is 5.54. The maximum absolute atomic E-state index is 5.54. The van der Waals surface area contributed by atoms with Gasteiger partial charge in [-0.1, -0.05) is 30.3 Å². The Morgan fingerprint density at radius 3 is 2.42 bits per heavy atom. The number of morpholine rings is 1. The molecular formula is C22H30N2O2. The SMILES string of the molecule is COc1ccc(C(CNCc2ccc(C)c(C)c2)N2CCOCC2)cc1. The van der Waals surface area contributed by atoms with Crippen molar-refractivity contribution in [3.8, 4) is 5.75 Å². The van der Waals surface area contributed by atoms with Crippen molar-refractivity contribution in [1.82, 2.24) is 10.2 Å². The van der Waals surface area contributed by atoms with Gasteiger partial charge in [0.05, 0.1) is 20.3 Å². The fourth-order valence-corrected chi connectivity index (χ4v) is 3.44. The summed E-state index contributed by atoms with van der Waals surface area (Å²) in [5.74, 6) is 0.901. The minimum Gasteiger partial charge on any atom is -0.497 e. The molecule has 1 aliphatic heterocycles. The van der Waals surface area contributed by atoms with Crippen molar-refractivity contribution in [3.63, 3.8) is 0 Å². The van der Waals surface area contributed by atoms with Crippen molar-refractivity contribution in [2.24, 2.45) is 0 Å². The van der Waals surface area contributed by atoms with Gasteiger partial charge in [0.15, 0.2) is 0 Å². The zero-order chi connectivity index (χ0) is 18.4. The molecule has 0 bridgehead atoms. The fraction of sp³-hybridized carbons (Fsp3) is 0.455. The number of hydrogen-bond acceptors (Lipinski definition) is 4. The van der Waals surface area contributed by atoms with E-state index in [9.17, 15) is 0 Å². The van der Waals surface area contributed by atoms with E-state index in [1.807, 2.05) is 12.1 Å². The van der Waals surface area contributed by atoms with E-state index < -0.39 is 0 Å². The maximum Gasteiger partial charge on any atom is 0.118 e. The van der Waals surface area contributed by atoms with Crippen LogP contribution < -0.4 is 10.1 Å². The van der Waals surface area contributed by atoms with E-state index >= 15 is 0 Å². The molecule has 1 unspecified atom stereocenters. The number of nitrogens with one attached hydrogen (secondary N) is 1. The molecule has 0 spiro atoms. The van der Waals surface area contributed by atoms with Crippen LogP contribution in [0.3, 0.4) is 0 Å². The van der Waals surface area contributed by atoms with Gasteiger partial charge in [-0.3, -0.25) is 4.90 Å². The van der Waals surface area contributed by atoms with Gasteiger partial charge in [-0.15, -0.1) is 0 Å². The summed E-state index contributed by atoms with van der Waals surface area (Å²) in [6, 6.07) is 15.5. The number of ether oxygens (including phenoxy) is 2. The van der Waals surface area contributed by atoms with E-state index in [2.05, 4.69) is 54.4 Å². The van der Waals surface area contributed by atoms with E-state index in [-0.39, 0.29) is 0 Å². The summed E-state index contributed by atoms with van der Waals surface area (Å²) in [6.45, 7) is 9.70. The van der Waals surface area contributed by atoms with Crippen LogP contribution in [0.4, 0.5) is 0 Å². The molecular weight excluding hydrogens is 324 g/mol. The van der Waals surface area contributed by atoms with Gasteiger partial charge in [0.1, 0.15) is 5.75 Å². The molecule has 2 aromatic carbocycles. The predicted octanol–water partition coefficient (Wildman–Crippen LogP) is 3.48. The third-order valence-electron chi connectivity index (χ3n) is 5.23. The molecule has 4 nitrogen and oxygen atoms in total. The third-order valence-corrected chi connectivity index (χ3v) is 5.23. The predicted molar refractivity (Wildman–Crippen MR) is 106 cm³/mol. The molecule has 0 radical (unpaired) electrons. The number of hydrogen-bond donors (Lipinski definition) is 1. The molecule has 0 amide bonds. The Hall–Kier alpha value is -1.88. The molecule has 1 heterocycles. The second kappa shape index (κ2) is 9.17. The lowest BCUT2D eigenvalue weighted by molar-refractivity contribution is 0.0161. The first-order valence-electron chi connectivity index (χ1n) is 9.40. The topological polar surface area (TPSA) is 33.7 Å². The molecule has 0 aliphatic carbocycles. The summed E-state index contributed by atoms with van der Waals surface area (Å²) in [5, 5.41) is 3.66. The highest BCUT2D eigenvalue weighted by Crippen LogP contribution is 2.24. The van der Waals surface area contributed by atoms with E-state index in [0.717, 1.165) is 45.1 Å². The van der Waals surface area contributed by atoms with Gasteiger partial charge in [-0.05, 0) is 48.2 Å². The summed E-state index contributed by atoms with van der Waals surface area (Å²) in [7, 11) is 1.71. The summed E-state index contributed by atoms with van der Waals surface area (Å²) in [4.78, 5) is 2.51. The second-order valence-electron chi connectivity index (χ2n) is 6.99. The Kier molecular flexibility index (Phi) is 6.67. The van der Waals surface area contributed by atoms with Gasteiger partial charge in [0.2, 0.25) is 0 Å². The van der Waals surface area contributed by atoms with Crippen LogP contribution in [0.2, 0.25) is 0 Å². The Morgan fingerprint density at radius 2 is 1.77 bits per heavy atom. The van der Waals surface area contributed by atoms with E-state index in [1.54, 1.807) is 7.11 Å². The average Bonchev–Trinajstić information content (AvgIpc) is 2.69. The van der Waals surface area contributed by atoms with Gasteiger partial charge in [0.25, 0.3) is 0 Å². The first-order chi connectivity index (χ1) is 12.7. The van der Waals surface area contributed by atoms with Crippen molar-refractivity contribution in [2.75, 3.05) is 40.0 Å². The number of nitrogens with zero attached hydrogens (tertiary/aromatic N) is 1. The van der Waals surface area contributed by atoms with E-state index in [4.69, 9.17) is 9.47 Å². The molecule has 1 aliphatic rings. The lowest BCUT2D eigenvalue weighted by Gasteiger charge is -2.35. The fourth-order valence-electron chi connectivity index (χ4n) is 3.44. The van der Waals surface area contributed by atoms with Crippen LogP contribution in [-0.4, -0.2) is 44.9 Å². The zero-order valence-electron chi connectivity index (χ0n) is 16.1. The lowest BCUT2D eigenvalue weighted by Crippen LogP contribution is -2.42. The Morgan fingerprint density at radius 1 is 1.04 bits per heavy atom. The summed E-state index contributed by atoms with van der Waals surface area (Å²) in [5.41, 5.74) is 5.35. The highest BCUT2D eigenvalue weighted by atomic mass is 16.5. The first-order valence-corrected chi connectivity index (χ1v) is 9.40. The van der Waals surface area contributed by atoms with Crippen molar-refractivity contribution < 1.29 is 9.47 Å². The van der Waals surface area contributed by atoms with Crippen molar-refractivity contribution >= 4 is 0 Å². The van der Waals surface area contributed by atoms with Gasteiger partial charge in [-0.2, -0.15) is 0 Å². The Labute approximate surface area is 157 Å². The minimum atomic E-state index is 0.344.